The topological polar surface area (TPSA) is 13.1 Å². The third-order valence-corrected chi connectivity index (χ3v) is 21.7. The van der Waals surface area contributed by atoms with E-state index in [1.165, 1.54) is 240 Å². The molecule has 0 spiro atoms. The van der Waals surface area contributed by atoms with Crippen LogP contribution >= 0.6 is 0 Å². The van der Waals surface area contributed by atoms with Gasteiger partial charge in [0.25, 0.3) is 0 Å². The third-order valence-electron chi connectivity index (χ3n) is 21.7. The summed E-state index contributed by atoms with van der Waals surface area (Å²) in [5.41, 5.74) is 48.8. The number of benzene rings is 9. The zero-order valence-corrected chi connectivity index (χ0v) is 51.4. The van der Waals surface area contributed by atoms with Gasteiger partial charge >= 0.3 is 0 Å². The molecule has 0 aliphatic carbocycles. The first kappa shape index (κ1) is 54.0. The van der Waals surface area contributed by atoms with Crippen LogP contribution in [0.25, 0.3) is 98.4 Å². The van der Waals surface area contributed by atoms with E-state index in [1.807, 2.05) is 0 Å². The summed E-state index contributed by atoms with van der Waals surface area (Å²) in [4.78, 5) is 0. The average Bonchev–Trinajstić information content (AvgIpc) is 3.79. The van der Waals surface area contributed by atoms with Crippen LogP contribution in [0.2, 0.25) is 0 Å². The van der Waals surface area contributed by atoms with Crippen molar-refractivity contribution in [2.75, 3.05) is 0 Å². The van der Waals surface area contributed by atoms with Gasteiger partial charge in [-0.1, -0.05) is 109 Å². The summed E-state index contributed by atoms with van der Waals surface area (Å²) < 4.78 is 7.08. The van der Waals surface area contributed by atoms with Gasteiger partial charge in [0.2, 0.25) is 0 Å². The Hall–Kier alpha value is -4.36. The maximum Gasteiger partial charge on any atom is 0.143 e. The standard InChI is InChI=1S/C46H56B28O/c47-17-9(26(56)20(50)7-8-12(28(58)27(57)11(7)17)18(48)13(29(59)21(8)51)14-30(60)38(68)41(71)39(69)31(14)61)1-3-5(24(54)36(66)34(64)22(3)52)2(6-4(1)23(53)35(65)37(67)25(6)55)10-19(49)15-16-33(63)40(70)42(72)44(74)46(16)75-45(15)43(73)32(10)62/h47-74H2. The fourth-order valence-electron chi connectivity index (χ4n) is 15.2. The smallest absolute Gasteiger partial charge is 0.143 e. The van der Waals surface area contributed by atoms with E-state index in [0.29, 0.717) is 0 Å². The van der Waals surface area contributed by atoms with E-state index in [-0.39, 0.29) is 0 Å². The highest BCUT2D eigenvalue weighted by Gasteiger charge is 2.32. The van der Waals surface area contributed by atoms with E-state index < -0.39 is 0 Å². The van der Waals surface area contributed by atoms with Crippen molar-refractivity contribution in [2.24, 2.45) is 0 Å². The molecule has 29 heteroatoms. The van der Waals surface area contributed by atoms with Gasteiger partial charge < -0.3 is 4.42 Å². The molecule has 0 saturated carbocycles. The summed E-state index contributed by atoms with van der Waals surface area (Å²) in [5.74, 6) is 0. The largest absolute Gasteiger partial charge is 0.457 e. The first-order valence-corrected chi connectivity index (χ1v) is 27.9. The van der Waals surface area contributed by atoms with Crippen molar-refractivity contribution >= 4 is 438 Å². The molecule has 0 amide bonds. The Kier molecular flexibility index (Phi) is 13.0. The molecule has 10 rings (SSSR count). The van der Waals surface area contributed by atoms with Crippen LogP contribution in [0.15, 0.2) is 4.42 Å². The molecule has 9 aromatic carbocycles. The van der Waals surface area contributed by atoms with Gasteiger partial charge in [0.05, 0.1) is 0 Å². The van der Waals surface area contributed by atoms with Gasteiger partial charge in [-0.2, -0.15) is 0 Å². The highest BCUT2D eigenvalue weighted by atomic mass is 16.3. The van der Waals surface area contributed by atoms with Crippen LogP contribution in [0.3, 0.4) is 0 Å². The van der Waals surface area contributed by atoms with E-state index in [2.05, 4.69) is 220 Å². The van der Waals surface area contributed by atoms with Crippen LogP contribution in [0, 0.1) is 0 Å². The second kappa shape index (κ2) is 18.1. The number of hydrogen-bond donors (Lipinski definition) is 0. The van der Waals surface area contributed by atoms with E-state index in [4.69, 9.17) is 4.42 Å². The molecule has 0 aliphatic rings. The van der Waals surface area contributed by atoms with Gasteiger partial charge in [0.1, 0.15) is 231 Å². The molecule has 1 aromatic heterocycles. The van der Waals surface area contributed by atoms with Crippen molar-refractivity contribution in [1.29, 1.82) is 0 Å². The molecule has 0 saturated heterocycles. The van der Waals surface area contributed by atoms with Crippen molar-refractivity contribution in [3.8, 4) is 33.4 Å². The molecule has 1 nitrogen and oxygen atoms in total. The molecule has 75 heavy (non-hydrogen) atoms. The minimum Gasteiger partial charge on any atom is -0.457 e. The lowest BCUT2D eigenvalue weighted by Crippen LogP contribution is -2.56. The van der Waals surface area contributed by atoms with E-state index >= 15 is 0 Å². The lowest BCUT2D eigenvalue weighted by molar-refractivity contribution is 0.675. The average molecular weight is 928 g/mol. The Morgan fingerprint density at radius 1 is 0.120 bits per heavy atom. The fourth-order valence-corrected chi connectivity index (χ4v) is 15.2. The molecule has 1 heterocycles. The van der Waals surface area contributed by atoms with Crippen molar-refractivity contribution in [2.45, 2.75) is 0 Å². The quantitative estimate of drug-likeness (QED) is 0.0978. The summed E-state index contributed by atoms with van der Waals surface area (Å²) in [6.07, 6.45) is 0. The monoisotopic (exact) mass is 933 g/mol. The summed E-state index contributed by atoms with van der Waals surface area (Å²) >= 11 is 0. The Morgan fingerprint density at radius 3 is 0.640 bits per heavy atom. The minimum absolute atomic E-state index is 1.03. The lowest BCUT2D eigenvalue weighted by Gasteiger charge is -2.32. The van der Waals surface area contributed by atoms with Crippen molar-refractivity contribution in [1.82, 2.24) is 0 Å². The second-order valence-electron chi connectivity index (χ2n) is 24.3. The van der Waals surface area contributed by atoms with Crippen molar-refractivity contribution in [3.63, 3.8) is 0 Å². The predicted octanol–water partition coefficient (Wildman–Crippen LogP) is -35.6. The van der Waals surface area contributed by atoms with Crippen LogP contribution in [0.1, 0.15) is 0 Å². The molecule has 0 fully saturated rings. The number of hydrogen-bond acceptors (Lipinski definition) is 1. The summed E-state index contributed by atoms with van der Waals surface area (Å²) in [7, 11) is 66.4. The molecule has 0 radical (unpaired) electrons. The van der Waals surface area contributed by atoms with Gasteiger partial charge in [-0.25, -0.2) is 0 Å². The predicted molar refractivity (Wildman–Crippen MR) is 429 cm³/mol. The van der Waals surface area contributed by atoms with Crippen LogP contribution < -0.4 is 153 Å². The first-order valence-electron chi connectivity index (χ1n) is 27.9. The zero-order chi connectivity index (χ0) is 55.3. The molecule has 0 aliphatic heterocycles. The van der Waals surface area contributed by atoms with Crippen molar-refractivity contribution in [3.05, 3.63) is 0 Å². The van der Waals surface area contributed by atoms with Crippen LogP contribution in [0.4, 0.5) is 0 Å². The number of fused-ring (bicyclic) bond motifs is 8. The van der Waals surface area contributed by atoms with Gasteiger partial charge in [0, 0.05) is 10.8 Å². The van der Waals surface area contributed by atoms with E-state index in [1.54, 1.807) is 0 Å². The highest BCUT2D eigenvalue weighted by Crippen LogP contribution is 2.40. The first-order chi connectivity index (χ1) is 35.0. The SMILES string of the molecule is Bc1c(B)c(B)c(-c2c(B)c(B)c3c(c2B)c(B)c(B)c2c(B)c(-c4c5c(B)c(B)c(B)c(B)c5c(-c5c(B)c(B)c6oc7c(B)c(B)c(B)c(B)c7c6c5B)c5c(B)c(B)c(B)c(B)c45)c(B)c(B)c23)c(B)c1B. The summed E-state index contributed by atoms with van der Waals surface area (Å²) in [6, 6.07) is 0. The van der Waals surface area contributed by atoms with Gasteiger partial charge in [0.15, 0.2) is 0 Å². The third kappa shape index (κ3) is 6.85. The Morgan fingerprint density at radius 2 is 0.293 bits per heavy atom. The van der Waals surface area contributed by atoms with Gasteiger partial charge in [-0.3, -0.25) is 0 Å². The second-order valence-corrected chi connectivity index (χ2v) is 24.3. The molecule has 10 aromatic rings. The van der Waals surface area contributed by atoms with Gasteiger partial charge in [-0.05, 0) is 76.5 Å². The van der Waals surface area contributed by atoms with E-state index in [9.17, 15) is 0 Å². The normalized spacial score (nSPS) is 11.9. The maximum absolute atomic E-state index is 7.08. The molecule has 0 atom stereocenters. The Labute approximate surface area is 472 Å². The van der Waals surface area contributed by atoms with Crippen LogP contribution in [0.5, 0.6) is 0 Å². The highest BCUT2D eigenvalue weighted by molar-refractivity contribution is 6.78. The van der Waals surface area contributed by atoms with Crippen LogP contribution in [-0.2, 0) is 0 Å². The summed E-state index contributed by atoms with van der Waals surface area (Å²) in [5, 5.41) is 13.8. The minimum atomic E-state index is 1.03. The molecule has 0 unspecified atom stereocenters. The molecular formula is C46H56B28O. The van der Waals surface area contributed by atoms with E-state index in [0.717, 1.165) is 11.2 Å². The Bertz CT molecular complexity index is 4330. The maximum atomic E-state index is 7.08. The molecular weight excluding hydrogens is 871 g/mol. The summed E-state index contributed by atoms with van der Waals surface area (Å²) in [6.45, 7) is 0. The van der Waals surface area contributed by atoms with Gasteiger partial charge in [-0.15, -0.1) is 43.7 Å². The molecule has 330 valence electrons. The van der Waals surface area contributed by atoms with Crippen LogP contribution in [-0.4, -0.2) is 220 Å². The molecule has 0 N–H and O–H groups in total. The number of rotatable bonds is 3. The molecule has 0 bridgehead atoms. The lowest BCUT2D eigenvalue weighted by atomic mass is 9.55. The zero-order valence-electron chi connectivity index (χ0n) is 51.4. The fraction of sp³-hybridized carbons (Fsp3) is 0. The Balaban J connectivity index is 1.45. The number of furan rings is 1. The van der Waals surface area contributed by atoms with Crippen molar-refractivity contribution < 1.29 is 4.42 Å².